The van der Waals surface area contributed by atoms with E-state index in [1.165, 1.54) is 16.4 Å². The molecule has 182 valence electrons. The first-order valence-corrected chi connectivity index (χ1v) is 12.8. The van der Waals surface area contributed by atoms with Gasteiger partial charge in [0.25, 0.3) is 11.8 Å². The van der Waals surface area contributed by atoms with E-state index in [4.69, 9.17) is 4.74 Å². The molecule has 1 atom stereocenters. The summed E-state index contributed by atoms with van der Waals surface area (Å²) in [6, 6.07) is 21.8. The van der Waals surface area contributed by atoms with Crippen LogP contribution < -0.4 is 15.4 Å². The SMILES string of the molecule is C[C@@H](Oc1ccccc1C(=O)Nc1ccccc1)C(=O)Nc1ccc(S(=O)(=O)N2CCCC2)cc1. The van der Waals surface area contributed by atoms with Gasteiger partial charge in [0.1, 0.15) is 5.75 Å². The molecule has 1 heterocycles. The van der Waals surface area contributed by atoms with Crippen LogP contribution >= 0.6 is 0 Å². The van der Waals surface area contributed by atoms with Crippen molar-refractivity contribution < 1.29 is 22.7 Å². The van der Waals surface area contributed by atoms with E-state index in [1.54, 1.807) is 55.5 Å². The van der Waals surface area contributed by atoms with Crippen LogP contribution in [-0.4, -0.2) is 43.7 Å². The Morgan fingerprint density at radius 3 is 2.11 bits per heavy atom. The van der Waals surface area contributed by atoms with Gasteiger partial charge in [-0.05, 0) is 68.3 Å². The molecule has 0 bridgehead atoms. The zero-order valence-electron chi connectivity index (χ0n) is 19.3. The molecule has 3 aromatic carbocycles. The first kappa shape index (κ1) is 24.4. The van der Waals surface area contributed by atoms with Gasteiger partial charge < -0.3 is 15.4 Å². The Kier molecular flexibility index (Phi) is 7.48. The topological polar surface area (TPSA) is 105 Å². The zero-order valence-corrected chi connectivity index (χ0v) is 20.1. The summed E-state index contributed by atoms with van der Waals surface area (Å²) in [6.45, 7) is 2.63. The van der Waals surface area contributed by atoms with Crippen LogP contribution in [0.4, 0.5) is 11.4 Å². The molecular formula is C26H27N3O5S. The maximum absolute atomic E-state index is 12.7. The highest BCUT2D eigenvalue weighted by atomic mass is 32.2. The second-order valence-corrected chi connectivity index (χ2v) is 10.1. The monoisotopic (exact) mass is 493 g/mol. The number of hydrogen-bond donors (Lipinski definition) is 2. The van der Waals surface area contributed by atoms with Crippen molar-refractivity contribution in [1.82, 2.24) is 4.31 Å². The van der Waals surface area contributed by atoms with Crippen molar-refractivity contribution in [3.8, 4) is 5.75 Å². The summed E-state index contributed by atoms with van der Waals surface area (Å²) in [7, 11) is -3.52. The second kappa shape index (κ2) is 10.7. The average Bonchev–Trinajstić information content (AvgIpc) is 3.41. The molecule has 1 saturated heterocycles. The van der Waals surface area contributed by atoms with Gasteiger partial charge in [-0.1, -0.05) is 30.3 Å². The Hall–Kier alpha value is -3.69. The van der Waals surface area contributed by atoms with Gasteiger partial charge in [-0.15, -0.1) is 0 Å². The van der Waals surface area contributed by atoms with Crippen LogP contribution in [0.3, 0.4) is 0 Å². The number of anilines is 2. The third kappa shape index (κ3) is 5.87. The Bertz CT molecular complexity index is 1290. The molecule has 3 aromatic rings. The second-order valence-electron chi connectivity index (χ2n) is 8.20. The number of ether oxygens (including phenoxy) is 1. The fraction of sp³-hybridized carbons (Fsp3) is 0.231. The lowest BCUT2D eigenvalue weighted by Gasteiger charge is -2.18. The molecule has 0 aromatic heterocycles. The highest BCUT2D eigenvalue weighted by Crippen LogP contribution is 2.24. The van der Waals surface area contributed by atoms with Gasteiger partial charge in [-0.2, -0.15) is 4.31 Å². The Morgan fingerprint density at radius 2 is 1.43 bits per heavy atom. The number of carbonyl (C=O) groups is 2. The molecule has 35 heavy (non-hydrogen) atoms. The molecule has 0 radical (unpaired) electrons. The van der Waals surface area contributed by atoms with Gasteiger partial charge in [-0.25, -0.2) is 8.42 Å². The van der Waals surface area contributed by atoms with Gasteiger partial charge in [-0.3, -0.25) is 9.59 Å². The molecule has 1 aliphatic rings. The van der Waals surface area contributed by atoms with Crippen molar-refractivity contribution in [3.05, 3.63) is 84.4 Å². The van der Waals surface area contributed by atoms with Gasteiger partial charge in [0.05, 0.1) is 10.5 Å². The Morgan fingerprint density at radius 1 is 0.829 bits per heavy atom. The predicted octanol–water partition coefficient (Wildman–Crippen LogP) is 4.13. The number of benzene rings is 3. The highest BCUT2D eigenvalue weighted by molar-refractivity contribution is 7.89. The number of rotatable bonds is 8. The summed E-state index contributed by atoms with van der Waals surface area (Å²) >= 11 is 0. The Labute approximate surface area is 205 Å². The van der Waals surface area contributed by atoms with Crippen LogP contribution in [0.5, 0.6) is 5.75 Å². The third-order valence-electron chi connectivity index (χ3n) is 5.66. The van der Waals surface area contributed by atoms with E-state index in [0.717, 1.165) is 12.8 Å². The van der Waals surface area contributed by atoms with Crippen LogP contribution in [-0.2, 0) is 14.8 Å². The lowest BCUT2D eigenvalue weighted by molar-refractivity contribution is -0.122. The summed E-state index contributed by atoms with van der Waals surface area (Å²) < 4.78 is 32.6. The van der Waals surface area contributed by atoms with Gasteiger partial charge in [0.15, 0.2) is 6.10 Å². The summed E-state index contributed by atoms with van der Waals surface area (Å²) in [5.41, 5.74) is 1.39. The standard InChI is InChI=1S/C26H27N3O5S/c1-19(34-24-12-6-5-11-23(24)26(31)28-20-9-3-2-4-10-20)25(30)27-21-13-15-22(16-14-21)35(32,33)29-17-7-8-18-29/h2-6,9-16,19H,7-8,17-18H2,1H3,(H,27,30)(H,28,31)/t19-/m1/s1. The first-order chi connectivity index (χ1) is 16.8. The fourth-order valence-electron chi connectivity index (χ4n) is 3.75. The van der Waals surface area contributed by atoms with Crippen molar-refractivity contribution in [2.45, 2.75) is 30.8 Å². The number of para-hydroxylation sites is 2. The van der Waals surface area contributed by atoms with Gasteiger partial charge in [0.2, 0.25) is 10.0 Å². The van der Waals surface area contributed by atoms with Crippen molar-refractivity contribution >= 4 is 33.2 Å². The molecule has 8 nitrogen and oxygen atoms in total. The number of hydrogen-bond acceptors (Lipinski definition) is 5. The normalized spacial score (nSPS) is 14.8. The van der Waals surface area contributed by atoms with E-state index in [9.17, 15) is 18.0 Å². The lowest BCUT2D eigenvalue weighted by atomic mass is 10.1. The summed E-state index contributed by atoms with van der Waals surface area (Å²) in [5, 5.41) is 5.53. The predicted molar refractivity (Wildman–Crippen MR) is 134 cm³/mol. The van der Waals surface area contributed by atoms with Crippen molar-refractivity contribution in [2.24, 2.45) is 0 Å². The number of carbonyl (C=O) groups excluding carboxylic acids is 2. The summed E-state index contributed by atoms with van der Waals surface area (Å²) in [6.07, 6.45) is 0.818. The fourth-order valence-corrected chi connectivity index (χ4v) is 5.27. The summed E-state index contributed by atoms with van der Waals surface area (Å²) in [5.74, 6) is -0.511. The quantitative estimate of drug-likeness (QED) is 0.491. The smallest absolute Gasteiger partial charge is 0.265 e. The lowest BCUT2D eigenvalue weighted by Crippen LogP contribution is -2.31. The molecule has 4 rings (SSSR count). The van der Waals surface area contributed by atoms with Crippen molar-refractivity contribution in [3.63, 3.8) is 0 Å². The molecule has 1 aliphatic heterocycles. The van der Waals surface area contributed by atoms with Gasteiger partial charge in [0, 0.05) is 24.5 Å². The molecule has 0 unspecified atom stereocenters. The van der Waals surface area contributed by atoms with Crippen molar-refractivity contribution in [1.29, 1.82) is 0 Å². The first-order valence-electron chi connectivity index (χ1n) is 11.4. The van der Waals surface area contributed by atoms with Crippen LogP contribution in [0, 0.1) is 0 Å². The maximum Gasteiger partial charge on any atom is 0.265 e. The largest absolute Gasteiger partial charge is 0.480 e. The third-order valence-corrected chi connectivity index (χ3v) is 7.57. The number of amides is 2. The van der Waals surface area contributed by atoms with Crippen LogP contribution in [0.2, 0.25) is 0 Å². The average molecular weight is 494 g/mol. The van der Waals surface area contributed by atoms with Gasteiger partial charge >= 0.3 is 0 Å². The number of sulfonamides is 1. The van der Waals surface area contributed by atoms with Crippen LogP contribution in [0.15, 0.2) is 83.8 Å². The highest BCUT2D eigenvalue weighted by Gasteiger charge is 2.27. The van der Waals surface area contributed by atoms with E-state index in [2.05, 4.69) is 10.6 Å². The molecule has 0 aliphatic carbocycles. The molecule has 0 saturated carbocycles. The molecular weight excluding hydrogens is 466 g/mol. The van der Waals surface area contributed by atoms with E-state index in [0.29, 0.717) is 30.0 Å². The molecule has 0 spiro atoms. The van der Waals surface area contributed by atoms with Crippen LogP contribution in [0.1, 0.15) is 30.1 Å². The minimum absolute atomic E-state index is 0.194. The summed E-state index contributed by atoms with van der Waals surface area (Å²) in [4.78, 5) is 25.7. The minimum atomic E-state index is -3.52. The molecule has 2 amide bonds. The van der Waals surface area contributed by atoms with E-state index >= 15 is 0 Å². The minimum Gasteiger partial charge on any atom is -0.480 e. The molecule has 9 heteroatoms. The van der Waals surface area contributed by atoms with Crippen LogP contribution in [0.25, 0.3) is 0 Å². The van der Waals surface area contributed by atoms with Crippen molar-refractivity contribution in [2.75, 3.05) is 23.7 Å². The maximum atomic E-state index is 12.7. The van der Waals surface area contributed by atoms with E-state index < -0.39 is 22.0 Å². The van der Waals surface area contributed by atoms with E-state index in [1.807, 2.05) is 18.2 Å². The molecule has 1 fully saturated rings. The number of nitrogens with one attached hydrogen (secondary N) is 2. The zero-order chi connectivity index (χ0) is 24.8. The van der Waals surface area contributed by atoms with E-state index in [-0.39, 0.29) is 16.6 Å². The number of nitrogens with zero attached hydrogens (tertiary/aromatic N) is 1. The molecule has 2 N–H and O–H groups in total. The Balaban J connectivity index is 1.40.